The predicted octanol–water partition coefficient (Wildman–Crippen LogP) is 1.84. The molecular weight excluding hydrogens is 240 g/mol. The molecule has 1 atom stereocenters. The van der Waals surface area contributed by atoms with Gasteiger partial charge >= 0.3 is 0 Å². The number of aliphatic hydroxyl groups excluding tert-OH is 1. The van der Waals surface area contributed by atoms with Gasteiger partial charge in [-0.15, -0.1) is 0 Å². The van der Waals surface area contributed by atoms with Crippen LogP contribution in [0.25, 0.3) is 0 Å². The Labute approximate surface area is 115 Å². The fourth-order valence-electron chi connectivity index (χ4n) is 2.80. The lowest BCUT2D eigenvalue weighted by Crippen LogP contribution is -2.37. The maximum atomic E-state index is 9.41. The first kappa shape index (κ1) is 14.2. The molecule has 19 heavy (non-hydrogen) atoms. The molecule has 4 heteroatoms. The van der Waals surface area contributed by atoms with Crippen molar-refractivity contribution in [2.24, 2.45) is 0 Å². The van der Waals surface area contributed by atoms with Crippen molar-refractivity contribution in [2.75, 3.05) is 32.5 Å². The van der Waals surface area contributed by atoms with Crippen molar-refractivity contribution in [3.8, 4) is 5.75 Å². The smallest absolute Gasteiger partial charge is 0.142 e. The molecular formula is C15H24N2O2. The number of hydrogen-bond acceptors (Lipinski definition) is 4. The summed E-state index contributed by atoms with van der Waals surface area (Å²) in [7, 11) is 1.65. The molecule has 0 aliphatic carbocycles. The molecule has 0 saturated carbocycles. The van der Waals surface area contributed by atoms with Crippen LogP contribution >= 0.6 is 0 Å². The Morgan fingerprint density at radius 3 is 2.68 bits per heavy atom. The molecule has 0 aromatic heterocycles. The van der Waals surface area contributed by atoms with Crippen molar-refractivity contribution < 1.29 is 9.84 Å². The summed E-state index contributed by atoms with van der Waals surface area (Å²) in [6.45, 7) is 4.71. The van der Waals surface area contributed by atoms with E-state index in [4.69, 9.17) is 10.5 Å². The minimum Gasteiger partial charge on any atom is -0.495 e. The van der Waals surface area contributed by atoms with Crippen LogP contribution in [0.5, 0.6) is 5.75 Å². The highest BCUT2D eigenvalue weighted by molar-refractivity contribution is 5.54. The van der Waals surface area contributed by atoms with Crippen molar-refractivity contribution in [1.82, 2.24) is 4.90 Å². The van der Waals surface area contributed by atoms with Crippen LogP contribution in [0.15, 0.2) is 18.2 Å². The van der Waals surface area contributed by atoms with Gasteiger partial charge in [0.25, 0.3) is 0 Å². The lowest BCUT2D eigenvalue weighted by atomic mass is 9.89. The zero-order valence-corrected chi connectivity index (χ0v) is 11.8. The van der Waals surface area contributed by atoms with Gasteiger partial charge in [-0.2, -0.15) is 0 Å². The molecule has 2 rings (SSSR count). The Bertz CT molecular complexity index is 413. The standard InChI is InChI=1S/C15H24N2O2/c1-11(18)10-17-7-5-12(6-8-17)13-3-4-14(16)15(9-13)19-2/h3-4,9,11-12,18H,5-8,10,16H2,1-2H3. The second-order valence-electron chi connectivity index (χ2n) is 5.43. The number of methoxy groups -OCH3 is 1. The molecule has 1 aliphatic rings. The molecule has 0 radical (unpaired) electrons. The van der Waals surface area contributed by atoms with Crippen LogP contribution in [0.2, 0.25) is 0 Å². The summed E-state index contributed by atoms with van der Waals surface area (Å²) in [5.74, 6) is 1.34. The van der Waals surface area contributed by atoms with E-state index in [-0.39, 0.29) is 6.10 Å². The van der Waals surface area contributed by atoms with Crippen molar-refractivity contribution in [2.45, 2.75) is 31.8 Å². The summed E-state index contributed by atoms with van der Waals surface area (Å²) in [6, 6.07) is 6.09. The first-order valence-electron chi connectivity index (χ1n) is 6.94. The summed E-state index contributed by atoms with van der Waals surface area (Å²) in [5.41, 5.74) is 7.85. The molecule has 1 aromatic carbocycles. The first-order chi connectivity index (χ1) is 9.10. The molecule has 0 bridgehead atoms. The molecule has 1 aliphatic heterocycles. The van der Waals surface area contributed by atoms with E-state index in [0.717, 1.165) is 38.2 Å². The highest BCUT2D eigenvalue weighted by atomic mass is 16.5. The largest absolute Gasteiger partial charge is 0.495 e. The number of aliphatic hydroxyl groups is 1. The van der Waals surface area contributed by atoms with E-state index in [0.29, 0.717) is 11.6 Å². The molecule has 0 spiro atoms. The number of benzene rings is 1. The van der Waals surface area contributed by atoms with Crippen LogP contribution < -0.4 is 10.5 Å². The van der Waals surface area contributed by atoms with Gasteiger partial charge in [-0.3, -0.25) is 0 Å². The van der Waals surface area contributed by atoms with E-state index >= 15 is 0 Å². The number of nitrogen functional groups attached to an aromatic ring is 1. The van der Waals surface area contributed by atoms with Crippen LogP contribution in [0, 0.1) is 0 Å². The Hall–Kier alpha value is -1.26. The molecule has 1 aromatic rings. The fraction of sp³-hybridized carbons (Fsp3) is 0.600. The first-order valence-corrected chi connectivity index (χ1v) is 6.94. The summed E-state index contributed by atoms with van der Waals surface area (Å²) in [5, 5.41) is 9.41. The maximum absolute atomic E-state index is 9.41. The highest BCUT2D eigenvalue weighted by Crippen LogP contribution is 2.32. The Balaban J connectivity index is 1.97. The Kier molecular flexibility index (Phi) is 4.66. The lowest BCUT2D eigenvalue weighted by Gasteiger charge is -2.33. The Morgan fingerprint density at radius 2 is 2.11 bits per heavy atom. The molecule has 1 saturated heterocycles. The molecule has 1 fully saturated rings. The summed E-state index contributed by atoms with van der Waals surface area (Å²) in [6.07, 6.45) is 2.01. The van der Waals surface area contributed by atoms with Crippen LogP contribution in [0.3, 0.4) is 0 Å². The molecule has 4 nitrogen and oxygen atoms in total. The third-order valence-electron chi connectivity index (χ3n) is 3.84. The third-order valence-corrected chi connectivity index (χ3v) is 3.84. The zero-order valence-electron chi connectivity index (χ0n) is 11.8. The van der Waals surface area contributed by atoms with Crippen LogP contribution in [0.1, 0.15) is 31.2 Å². The summed E-state index contributed by atoms with van der Waals surface area (Å²) in [4.78, 5) is 2.33. The van der Waals surface area contributed by atoms with Gasteiger partial charge in [0, 0.05) is 6.54 Å². The normalized spacial score (nSPS) is 19.3. The van der Waals surface area contributed by atoms with Crippen molar-refractivity contribution in [3.63, 3.8) is 0 Å². The van der Waals surface area contributed by atoms with Crippen molar-refractivity contribution >= 4 is 5.69 Å². The molecule has 1 heterocycles. The van der Waals surface area contributed by atoms with E-state index in [9.17, 15) is 5.11 Å². The summed E-state index contributed by atoms with van der Waals surface area (Å²) >= 11 is 0. The number of piperidine rings is 1. The average Bonchev–Trinajstić information content (AvgIpc) is 2.40. The molecule has 1 unspecified atom stereocenters. The second-order valence-corrected chi connectivity index (χ2v) is 5.43. The van der Waals surface area contributed by atoms with Crippen LogP contribution in [-0.2, 0) is 0 Å². The summed E-state index contributed by atoms with van der Waals surface area (Å²) < 4.78 is 5.28. The lowest BCUT2D eigenvalue weighted by molar-refractivity contribution is 0.109. The van der Waals surface area contributed by atoms with Crippen molar-refractivity contribution in [3.05, 3.63) is 23.8 Å². The number of ether oxygens (including phenoxy) is 1. The zero-order chi connectivity index (χ0) is 13.8. The van der Waals surface area contributed by atoms with E-state index < -0.39 is 0 Å². The number of β-amino-alcohol motifs (C(OH)–C–C–N with tert-alkyl or cyclic N) is 1. The Morgan fingerprint density at radius 1 is 1.42 bits per heavy atom. The third kappa shape index (κ3) is 3.61. The maximum Gasteiger partial charge on any atom is 0.142 e. The number of anilines is 1. The SMILES string of the molecule is COc1cc(C2CCN(CC(C)O)CC2)ccc1N. The van der Waals surface area contributed by atoms with E-state index in [2.05, 4.69) is 17.0 Å². The minimum absolute atomic E-state index is 0.242. The van der Waals surface area contributed by atoms with Gasteiger partial charge < -0.3 is 20.5 Å². The predicted molar refractivity (Wildman–Crippen MR) is 77.5 cm³/mol. The number of nitrogens with two attached hydrogens (primary N) is 1. The monoisotopic (exact) mass is 264 g/mol. The number of nitrogens with zero attached hydrogens (tertiary/aromatic N) is 1. The van der Waals surface area contributed by atoms with Gasteiger partial charge in [-0.25, -0.2) is 0 Å². The van der Waals surface area contributed by atoms with Crippen LogP contribution in [0.4, 0.5) is 5.69 Å². The number of hydrogen-bond donors (Lipinski definition) is 2. The van der Waals surface area contributed by atoms with Gasteiger partial charge in [-0.05, 0) is 56.5 Å². The van der Waals surface area contributed by atoms with Gasteiger partial charge in [0.05, 0.1) is 18.9 Å². The molecule has 106 valence electrons. The van der Waals surface area contributed by atoms with Crippen molar-refractivity contribution in [1.29, 1.82) is 0 Å². The van der Waals surface area contributed by atoms with Gasteiger partial charge in [0.15, 0.2) is 0 Å². The minimum atomic E-state index is -0.242. The van der Waals surface area contributed by atoms with E-state index in [1.54, 1.807) is 7.11 Å². The molecule has 0 amide bonds. The fourth-order valence-corrected chi connectivity index (χ4v) is 2.80. The molecule has 3 N–H and O–H groups in total. The topological polar surface area (TPSA) is 58.7 Å². The number of likely N-dealkylation sites (tertiary alicyclic amines) is 1. The number of rotatable bonds is 4. The van der Waals surface area contributed by atoms with Gasteiger partial charge in [0.1, 0.15) is 5.75 Å². The average molecular weight is 264 g/mol. The van der Waals surface area contributed by atoms with Crippen LogP contribution in [-0.4, -0.2) is 42.9 Å². The van der Waals surface area contributed by atoms with Gasteiger partial charge in [0.2, 0.25) is 0 Å². The van der Waals surface area contributed by atoms with E-state index in [1.165, 1.54) is 5.56 Å². The van der Waals surface area contributed by atoms with Gasteiger partial charge in [-0.1, -0.05) is 6.07 Å². The van der Waals surface area contributed by atoms with E-state index in [1.807, 2.05) is 13.0 Å². The quantitative estimate of drug-likeness (QED) is 0.815. The highest BCUT2D eigenvalue weighted by Gasteiger charge is 2.21. The second kappa shape index (κ2) is 6.26.